The summed E-state index contributed by atoms with van der Waals surface area (Å²) >= 11 is 0. The van der Waals surface area contributed by atoms with Crippen LogP contribution in [-0.4, -0.2) is 46.3 Å². The third-order valence-corrected chi connectivity index (χ3v) is 7.47. The molecule has 1 spiro atoms. The number of aromatic nitrogens is 2. The van der Waals surface area contributed by atoms with Crippen LogP contribution in [0.1, 0.15) is 53.2 Å². The average molecular weight is 455 g/mol. The molecule has 2 aliphatic rings. The van der Waals surface area contributed by atoms with E-state index in [0.717, 1.165) is 25.7 Å². The van der Waals surface area contributed by atoms with Crippen LogP contribution < -0.4 is 5.32 Å². The number of likely N-dealkylation sites (tertiary alicyclic amines) is 1. The summed E-state index contributed by atoms with van der Waals surface area (Å²) in [5.41, 5.74) is 2.98. The molecule has 1 aromatic heterocycles. The molecule has 2 heterocycles. The van der Waals surface area contributed by atoms with Gasteiger partial charge in [0.25, 0.3) is 5.91 Å². The third kappa shape index (κ3) is 4.72. The lowest BCUT2D eigenvalue weighted by Gasteiger charge is -2.32. The van der Waals surface area contributed by atoms with Gasteiger partial charge in [0, 0.05) is 43.9 Å². The summed E-state index contributed by atoms with van der Waals surface area (Å²) in [5, 5.41) is 3.21. The van der Waals surface area contributed by atoms with E-state index in [0.29, 0.717) is 25.3 Å². The highest BCUT2D eigenvalue weighted by atomic mass is 16.2. The van der Waals surface area contributed by atoms with Crippen molar-refractivity contribution in [2.75, 3.05) is 19.6 Å². The second kappa shape index (κ2) is 9.75. The maximum Gasteiger partial charge on any atom is 0.274 e. The quantitative estimate of drug-likeness (QED) is 0.584. The summed E-state index contributed by atoms with van der Waals surface area (Å²) in [4.78, 5) is 35.5. The summed E-state index contributed by atoms with van der Waals surface area (Å²) in [6.07, 6.45) is 8.14. The Hall–Kier alpha value is -3.54. The van der Waals surface area contributed by atoms with Crippen LogP contribution in [0.5, 0.6) is 0 Å². The number of piperidine rings is 1. The fraction of sp³-hybridized carbons (Fsp3) is 0.357. The number of carbonyl (C=O) groups is 2. The van der Waals surface area contributed by atoms with Crippen molar-refractivity contribution in [1.29, 1.82) is 0 Å². The van der Waals surface area contributed by atoms with Crippen LogP contribution in [0.3, 0.4) is 0 Å². The Morgan fingerprint density at radius 1 is 0.971 bits per heavy atom. The Labute approximate surface area is 200 Å². The van der Waals surface area contributed by atoms with Crippen molar-refractivity contribution in [3.05, 3.63) is 96.1 Å². The van der Waals surface area contributed by atoms with Gasteiger partial charge in [-0.2, -0.15) is 0 Å². The van der Waals surface area contributed by atoms with Crippen molar-refractivity contribution in [1.82, 2.24) is 20.2 Å². The van der Waals surface area contributed by atoms with Gasteiger partial charge in [-0.15, -0.1) is 0 Å². The minimum atomic E-state index is -0.0718. The van der Waals surface area contributed by atoms with Gasteiger partial charge in [-0.1, -0.05) is 60.7 Å². The predicted octanol–water partition coefficient (Wildman–Crippen LogP) is 4.06. The van der Waals surface area contributed by atoms with Crippen molar-refractivity contribution >= 4 is 11.8 Å². The van der Waals surface area contributed by atoms with Gasteiger partial charge in [-0.05, 0) is 42.2 Å². The van der Waals surface area contributed by atoms with Crippen molar-refractivity contribution in [3.63, 3.8) is 0 Å². The number of carbonyl (C=O) groups excluding carboxylic acids is 2. The van der Waals surface area contributed by atoms with Gasteiger partial charge < -0.3 is 10.2 Å². The maximum atomic E-state index is 13.0. The van der Waals surface area contributed by atoms with Gasteiger partial charge in [0.1, 0.15) is 5.69 Å². The van der Waals surface area contributed by atoms with Gasteiger partial charge in [0.2, 0.25) is 5.91 Å². The second-order valence-corrected chi connectivity index (χ2v) is 9.46. The standard InChI is InChI=1S/C28H30N4O2/c33-26(31-14-11-23(21-7-3-1-4-8-21)22-9-5-2-6-10-22)24-19-28(24)12-17-32(18-13-28)27(34)25-20-29-15-16-30-25/h1-10,15-16,20,23-24H,11-14,17-19H2,(H,31,33)/t24-/m0/s1. The first-order valence-corrected chi connectivity index (χ1v) is 12.1. The second-order valence-electron chi connectivity index (χ2n) is 9.46. The van der Waals surface area contributed by atoms with Gasteiger partial charge >= 0.3 is 0 Å². The minimum absolute atomic E-state index is 0.0570. The van der Waals surface area contributed by atoms with Gasteiger partial charge in [-0.3, -0.25) is 14.6 Å². The summed E-state index contributed by atoms with van der Waals surface area (Å²) in [6.45, 7) is 1.99. The Morgan fingerprint density at radius 2 is 1.62 bits per heavy atom. The van der Waals surface area contributed by atoms with Crippen LogP contribution in [0.15, 0.2) is 79.3 Å². The van der Waals surface area contributed by atoms with E-state index in [1.165, 1.54) is 17.3 Å². The molecule has 174 valence electrons. The first-order chi connectivity index (χ1) is 16.7. The Kier molecular flexibility index (Phi) is 6.39. The average Bonchev–Trinajstić information content (AvgIpc) is 3.61. The van der Waals surface area contributed by atoms with E-state index in [4.69, 9.17) is 0 Å². The van der Waals surface area contributed by atoms with E-state index >= 15 is 0 Å². The normalized spacial score (nSPS) is 18.6. The highest BCUT2D eigenvalue weighted by molar-refractivity contribution is 5.92. The Bertz CT molecular complexity index is 1070. The molecule has 5 rings (SSSR count). The number of hydrogen-bond donors (Lipinski definition) is 1. The number of nitrogens with one attached hydrogen (secondary N) is 1. The lowest BCUT2D eigenvalue weighted by atomic mass is 9.88. The van der Waals surface area contributed by atoms with Crippen molar-refractivity contribution < 1.29 is 9.59 Å². The molecule has 6 nitrogen and oxygen atoms in total. The van der Waals surface area contributed by atoms with E-state index in [9.17, 15) is 9.59 Å². The molecule has 1 saturated carbocycles. The summed E-state index contributed by atoms with van der Waals surface area (Å²) in [6, 6.07) is 21.0. The van der Waals surface area contributed by atoms with E-state index < -0.39 is 0 Å². The molecule has 0 bridgehead atoms. The molecule has 1 N–H and O–H groups in total. The van der Waals surface area contributed by atoms with Crippen LogP contribution in [0.25, 0.3) is 0 Å². The maximum absolute atomic E-state index is 13.0. The molecule has 0 unspecified atom stereocenters. The Balaban J connectivity index is 1.13. The van der Waals surface area contributed by atoms with Crippen LogP contribution in [0, 0.1) is 11.3 Å². The highest BCUT2D eigenvalue weighted by Gasteiger charge is 2.58. The summed E-state index contributed by atoms with van der Waals surface area (Å²) in [7, 11) is 0. The van der Waals surface area contributed by atoms with Crippen LogP contribution in [-0.2, 0) is 4.79 Å². The topological polar surface area (TPSA) is 75.2 Å². The molecule has 1 aliphatic heterocycles. The smallest absolute Gasteiger partial charge is 0.274 e. The molecule has 0 radical (unpaired) electrons. The zero-order valence-electron chi connectivity index (χ0n) is 19.3. The number of hydrogen-bond acceptors (Lipinski definition) is 4. The van der Waals surface area contributed by atoms with Gasteiger partial charge in [0.15, 0.2) is 0 Å². The van der Waals surface area contributed by atoms with Gasteiger partial charge in [0.05, 0.1) is 6.20 Å². The van der Waals surface area contributed by atoms with Crippen molar-refractivity contribution in [2.45, 2.75) is 31.6 Å². The fourth-order valence-electron chi connectivity index (χ4n) is 5.36. The number of benzene rings is 2. The predicted molar refractivity (Wildman–Crippen MR) is 130 cm³/mol. The van der Waals surface area contributed by atoms with Crippen LogP contribution in [0.2, 0.25) is 0 Å². The van der Waals surface area contributed by atoms with Crippen LogP contribution >= 0.6 is 0 Å². The Morgan fingerprint density at radius 3 is 2.21 bits per heavy atom. The lowest BCUT2D eigenvalue weighted by molar-refractivity contribution is -0.123. The highest BCUT2D eigenvalue weighted by Crippen LogP contribution is 2.59. The molecular weight excluding hydrogens is 424 g/mol. The van der Waals surface area contributed by atoms with E-state index in [1.54, 1.807) is 12.4 Å². The van der Waals surface area contributed by atoms with Gasteiger partial charge in [-0.25, -0.2) is 4.98 Å². The molecule has 2 amide bonds. The molecular formula is C28H30N4O2. The zero-order valence-corrected chi connectivity index (χ0v) is 19.3. The first kappa shape index (κ1) is 22.3. The van der Waals surface area contributed by atoms with Crippen molar-refractivity contribution in [2.24, 2.45) is 11.3 Å². The van der Waals surface area contributed by atoms with E-state index in [2.05, 4.69) is 63.8 Å². The minimum Gasteiger partial charge on any atom is -0.356 e. The SMILES string of the molecule is O=C(NCCC(c1ccccc1)c1ccccc1)[C@@H]1CC12CCN(C(=O)c1cnccn1)CC2. The van der Waals surface area contributed by atoms with E-state index in [-0.39, 0.29) is 29.1 Å². The molecule has 6 heteroatoms. The largest absolute Gasteiger partial charge is 0.356 e. The third-order valence-electron chi connectivity index (χ3n) is 7.47. The number of amides is 2. The lowest BCUT2D eigenvalue weighted by Crippen LogP contribution is -2.41. The monoisotopic (exact) mass is 454 g/mol. The number of nitrogens with zero attached hydrogens (tertiary/aromatic N) is 3. The van der Waals surface area contributed by atoms with Crippen molar-refractivity contribution in [3.8, 4) is 0 Å². The summed E-state index contributed by atoms with van der Waals surface area (Å²) < 4.78 is 0. The first-order valence-electron chi connectivity index (χ1n) is 12.1. The zero-order chi connectivity index (χ0) is 23.4. The van der Waals surface area contributed by atoms with E-state index in [1.807, 2.05) is 17.0 Å². The summed E-state index contributed by atoms with van der Waals surface area (Å²) in [5.74, 6) is 0.408. The van der Waals surface area contributed by atoms with Crippen LogP contribution in [0.4, 0.5) is 0 Å². The number of rotatable bonds is 7. The molecule has 2 aromatic carbocycles. The fourth-order valence-corrected chi connectivity index (χ4v) is 5.36. The molecule has 1 saturated heterocycles. The molecule has 2 fully saturated rings. The molecule has 1 atom stereocenters. The molecule has 3 aromatic rings. The molecule has 34 heavy (non-hydrogen) atoms. The molecule has 1 aliphatic carbocycles.